The topological polar surface area (TPSA) is 73.6 Å². The van der Waals surface area contributed by atoms with Crippen molar-refractivity contribution in [2.75, 3.05) is 26.4 Å². The molecule has 1 aliphatic carbocycles. The monoisotopic (exact) mass is 268 g/mol. The molecule has 0 bridgehead atoms. The normalized spacial score (nSPS) is 43.6. The number of hydrogen-bond acceptors (Lipinski definition) is 4. The van der Waals surface area contributed by atoms with Gasteiger partial charge in [-0.15, -0.1) is 0 Å². The Balaban J connectivity index is 1.64. The van der Waals surface area contributed by atoms with Crippen molar-refractivity contribution in [2.24, 2.45) is 23.0 Å². The SMILES string of the molecule is CC1(C)C2OCCC2C1(N)C(=O)NCC1CCOC1. The van der Waals surface area contributed by atoms with Crippen molar-refractivity contribution >= 4 is 5.91 Å². The molecule has 3 aliphatic rings. The lowest BCUT2D eigenvalue weighted by Crippen LogP contribution is -2.80. The molecule has 3 rings (SSSR count). The minimum Gasteiger partial charge on any atom is -0.381 e. The van der Waals surface area contributed by atoms with Crippen molar-refractivity contribution in [2.45, 2.75) is 38.3 Å². The number of carbonyl (C=O) groups excluding carboxylic acids is 1. The first-order valence-electron chi connectivity index (χ1n) is 7.24. The van der Waals surface area contributed by atoms with E-state index < -0.39 is 5.54 Å². The van der Waals surface area contributed by atoms with Crippen LogP contribution in [-0.4, -0.2) is 43.9 Å². The molecule has 2 aliphatic heterocycles. The van der Waals surface area contributed by atoms with Crippen molar-refractivity contribution in [3.05, 3.63) is 0 Å². The van der Waals surface area contributed by atoms with Crippen LogP contribution >= 0.6 is 0 Å². The summed E-state index contributed by atoms with van der Waals surface area (Å²) in [4.78, 5) is 12.5. The lowest BCUT2D eigenvalue weighted by atomic mass is 9.48. The Morgan fingerprint density at radius 2 is 2.16 bits per heavy atom. The van der Waals surface area contributed by atoms with E-state index in [1.807, 2.05) is 13.8 Å². The van der Waals surface area contributed by atoms with E-state index in [2.05, 4.69) is 5.32 Å². The van der Waals surface area contributed by atoms with Gasteiger partial charge in [-0.1, -0.05) is 13.8 Å². The molecule has 0 aromatic rings. The molecule has 4 atom stereocenters. The van der Waals surface area contributed by atoms with E-state index in [4.69, 9.17) is 15.2 Å². The first-order valence-corrected chi connectivity index (χ1v) is 7.24. The van der Waals surface area contributed by atoms with E-state index in [9.17, 15) is 4.79 Å². The van der Waals surface area contributed by atoms with E-state index in [1.54, 1.807) is 0 Å². The van der Waals surface area contributed by atoms with Gasteiger partial charge < -0.3 is 20.5 Å². The number of ether oxygens (including phenoxy) is 2. The third-order valence-corrected chi connectivity index (χ3v) is 5.41. The Hall–Kier alpha value is -0.650. The maximum Gasteiger partial charge on any atom is 0.241 e. The number of nitrogens with one attached hydrogen (secondary N) is 1. The molecule has 3 fully saturated rings. The second-order valence-corrected chi connectivity index (χ2v) is 6.72. The summed E-state index contributed by atoms with van der Waals surface area (Å²) in [7, 11) is 0. The van der Waals surface area contributed by atoms with E-state index in [-0.39, 0.29) is 23.3 Å². The summed E-state index contributed by atoms with van der Waals surface area (Å²) in [5.74, 6) is 0.588. The fourth-order valence-electron chi connectivity index (χ4n) is 3.97. The van der Waals surface area contributed by atoms with Gasteiger partial charge >= 0.3 is 0 Å². The Morgan fingerprint density at radius 3 is 2.84 bits per heavy atom. The van der Waals surface area contributed by atoms with Gasteiger partial charge in [-0.2, -0.15) is 0 Å². The molecule has 0 spiro atoms. The van der Waals surface area contributed by atoms with E-state index in [0.717, 1.165) is 32.7 Å². The molecule has 3 N–H and O–H groups in total. The van der Waals surface area contributed by atoms with Crippen LogP contribution in [0.25, 0.3) is 0 Å². The minimum atomic E-state index is -0.784. The summed E-state index contributed by atoms with van der Waals surface area (Å²) in [5, 5.41) is 3.04. The van der Waals surface area contributed by atoms with Gasteiger partial charge in [-0.05, 0) is 12.8 Å². The molecule has 2 heterocycles. The smallest absolute Gasteiger partial charge is 0.241 e. The van der Waals surface area contributed by atoms with Gasteiger partial charge in [-0.25, -0.2) is 0 Å². The number of rotatable bonds is 3. The van der Waals surface area contributed by atoms with Gasteiger partial charge in [0.05, 0.1) is 12.7 Å². The lowest BCUT2D eigenvalue weighted by molar-refractivity contribution is -0.175. The number of hydrogen-bond donors (Lipinski definition) is 2. The standard InChI is InChI=1S/C14H24N2O3/c1-13(2)11-10(4-6-19-11)14(13,15)12(17)16-7-9-3-5-18-8-9/h9-11H,3-8,15H2,1-2H3,(H,16,17). The Morgan fingerprint density at radius 1 is 1.37 bits per heavy atom. The molecule has 108 valence electrons. The van der Waals surface area contributed by atoms with Crippen LogP contribution in [0.4, 0.5) is 0 Å². The fraction of sp³-hybridized carbons (Fsp3) is 0.929. The van der Waals surface area contributed by atoms with Crippen LogP contribution in [0.1, 0.15) is 26.7 Å². The van der Waals surface area contributed by atoms with Gasteiger partial charge in [-0.3, -0.25) is 4.79 Å². The maximum absolute atomic E-state index is 12.5. The number of carbonyl (C=O) groups is 1. The highest BCUT2D eigenvalue weighted by Gasteiger charge is 2.71. The third-order valence-electron chi connectivity index (χ3n) is 5.41. The summed E-state index contributed by atoms with van der Waals surface area (Å²) in [6.45, 7) is 7.03. The zero-order valence-electron chi connectivity index (χ0n) is 11.8. The van der Waals surface area contributed by atoms with E-state index in [1.165, 1.54) is 0 Å². The predicted octanol–water partition coefficient (Wildman–Crippen LogP) is 0.282. The van der Waals surface area contributed by atoms with Crippen LogP contribution < -0.4 is 11.1 Å². The highest BCUT2D eigenvalue weighted by Crippen LogP contribution is 2.58. The van der Waals surface area contributed by atoms with Crippen LogP contribution in [0.2, 0.25) is 0 Å². The number of fused-ring (bicyclic) bond motifs is 1. The highest BCUT2D eigenvalue weighted by atomic mass is 16.5. The van der Waals surface area contributed by atoms with Gasteiger partial charge in [0.15, 0.2) is 0 Å². The zero-order chi connectivity index (χ0) is 13.7. The van der Waals surface area contributed by atoms with E-state index in [0.29, 0.717) is 12.5 Å². The van der Waals surface area contributed by atoms with E-state index >= 15 is 0 Å². The minimum absolute atomic E-state index is 0.0175. The maximum atomic E-state index is 12.5. The molecule has 1 amide bonds. The molecule has 5 heteroatoms. The Bertz CT molecular complexity index is 379. The molecule has 19 heavy (non-hydrogen) atoms. The molecule has 0 aromatic carbocycles. The summed E-state index contributed by atoms with van der Waals surface area (Å²) in [5.41, 5.74) is 5.40. The summed E-state index contributed by atoms with van der Waals surface area (Å²) >= 11 is 0. The number of nitrogens with two attached hydrogens (primary N) is 1. The third kappa shape index (κ3) is 1.75. The van der Waals surface area contributed by atoms with Crippen LogP contribution in [0.5, 0.6) is 0 Å². The van der Waals surface area contributed by atoms with Crippen LogP contribution in [0.3, 0.4) is 0 Å². The van der Waals surface area contributed by atoms with Gasteiger partial charge in [0, 0.05) is 37.0 Å². The molecule has 5 nitrogen and oxygen atoms in total. The van der Waals surface area contributed by atoms with Crippen molar-refractivity contribution in [3.63, 3.8) is 0 Å². The van der Waals surface area contributed by atoms with Crippen LogP contribution in [0, 0.1) is 17.3 Å². The predicted molar refractivity (Wildman–Crippen MR) is 70.5 cm³/mol. The van der Waals surface area contributed by atoms with Crippen molar-refractivity contribution in [1.82, 2.24) is 5.32 Å². The second-order valence-electron chi connectivity index (χ2n) is 6.72. The average Bonchev–Trinajstić information content (AvgIpc) is 3.04. The number of amides is 1. The molecular weight excluding hydrogens is 244 g/mol. The van der Waals surface area contributed by atoms with Gasteiger partial charge in [0.25, 0.3) is 0 Å². The van der Waals surface area contributed by atoms with Crippen LogP contribution in [-0.2, 0) is 14.3 Å². The first-order chi connectivity index (χ1) is 8.98. The van der Waals surface area contributed by atoms with Crippen LogP contribution in [0.15, 0.2) is 0 Å². The molecule has 4 unspecified atom stereocenters. The molecule has 0 radical (unpaired) electrons. The molecule has 0 aromatic heterocycles. The zero-order valence-corrected chi connectivity index (χ0v) is 11.8. The summed E-state index contributed by atoms with van der Waals surface area (Å²) < 4.78 is 11.0. The summed E-state index contributed by atoms with van der Waals surface area (Å²) in [6, 6.07) is 0. The fourth-order valence-corrected chi connectivity index (χ4v) is 3.97. The van der Waals surface area contributed by atoms with Crippen molar-refractivity contribution in [1.29, 1.82) is 0 Å². The Kier molecular flexibility index (Phi) is 3.11. The lowest BCUT2D eigenvalue weighted by Gasteiger charge is -2.60. The second kappa shape index (κ2) is 4.43. The van der Waals surface area contributed by atoms with Gasteiger partial charge in [0.1, 0.15) is 5.54 Å². The molecule has 1 saturated carbocycles. The summed E-state index contributed by atoms with van der Waals surface area (Å²) in [6.07, 6.45) is 2.05. The highest BCUT2D eigenvalue weighted by molar-refractivity contribution is 5.89. The largest absolute Gasteiger partial charge is 0.381 e. The molecular formula is C14H24N2O3. The molecule has 2 saturated heterocycles. The first kappa shape index (κ1) is 13.3. The van der Waals surface area contributed by atoms with Crippen molar-refractivity contribution in [3.8, 4) is 0 Å². The van der Waals surface area contributed by atoms with Crippen molar-refractivity contribution < 1.29 is 14.3 Å². The Labute approximate surface area is 114 Å². The van der Waals surface area contributed by atoms with Gasteiger partial charge in [0.2, 0.25) is 5.91 Å². The average molecular weight is 268 g/mol. The quantitative estimate of drug-likeness (QED) is 0.771.